The van der Waals surface area contributed by atoms with Crippen molar-refractivity contribution in [3.8, 4) is 5.75 Å². The molecule has 0 fully saturated rings. The number of phenolic OH excluding ortho intramolecular Hbond substituents is 1. The molecule has 0 radical (unpaired) electrons. The molecule has 4 nitrogen and oxygen atoms in total. The summed E-state index contributed by atoms with van der Waals surface area (Å²) < 4.78 is 15.8. The molecule has 1 heterocycles. The van der Waals surface area contributed by atoms with Crippen LogP contribution in [0.2, 0.25) is 0 Å². The van der Waals surface area contributed by atoms with E-state index in [1.54, 1.807) is 11.5 Å². The van der Waals surface area contributed by atoms with Crippen molar-refractivity contribution in [2.24, 2.45) is 5.73 Å². The molecule has 6 heteroatoms. The van der Waals surface area contributed by atoms with Crippen LogP contribution in [0, 0.1) is 19.7 Å². The smallest absolute Gasteiger partial charge is 0.224 e. The van der Waals surface area contributed by atoms with Crippen molar-refractivity contribution < 1.29 is 14.3 Å². The Labute approximate surface area is 156 Å². The number of aromatic nitrogens is 1. The number of phenols is 1. The Hall–Kier alpha value is -2.73. The molecule has 3 aromatic rings. The van der Waals surface area contributed by atoms with E-state index in [9.17, 15) is 14.3 Å². The van der Waals surface area contributed by atoms with Crippen molar-refractivity contribution in [1.82, 2.24) is 4.57 Å². The molecule has 1 unspecified atom stereocenters. The van der Waals surface area contributed by atoms with Gasteiger partial charge in [0.1, 0.15) is 4.99 Å². The van der Waals surface area contributed by atoms with Gasteiger partial charge in [0.2, 0.25) is 5.91 Å². The number of aromatic hydroxyl groups is 1. The molecular formula is C20H19FN2O2S. The van der Waals surface area contributed by atoms with Crippen LogP contribution in [0.25, 0.3) is 10.9 Å². The molecule has 1 aromatic heterocycles. The van der Waals surface area contributed by atoms with E-state index in [1.807, 2.05) is 38.1 Å². The third-order valence-electron chi connectivity index (χ3n) is 4.68. The summed E-state index contributed by atoms with van der Waals surface area (Å²) in [6, 6.07) is 10.2. The number of primary amides is 1. The Bertz CT molecular complexity index is 1040. The lowest BCUT2D eigenvalue weighted by molar-refractivity contribution is -0.119. The number of hydrogen-bond donors (Lipinski definition) is 2. The molecule has 2 aromatic carbocycles. The van der Waals surface area contributed by atoms with Gasteiger partial charge in [0.05, 0.1) is 11.4 Å². The van der Waals surface area contributed by atoms with E-state index in [4.69, 9.17) is 18.0 Å². The zero-order chi connectivity index (χ0) is 19.2. The molecule has 3 N–H and O–H groups in total. The van der Waals surface area contributed by atoms with Gasteiger partial charge in [0.25, 0.3) is 0 Å². The van der Waals surface area contributed by atoms with Crippen LogP contribution in [-0.2, 0) is 4.79 Å². The summed E-state index contributed by atoms with van der Waals surface area (Å²) >= 11 is 5.65. The number of aryl methyl sites for hydroxylation is 1. The first kappa shape index (κ1) is 18.1. The normalized spacial score (nSPS) is 12.3. The predicted octanol–water partition coefficient (Wildman–Crippen LogP) is 3.92. The van der Waals surface area contributed by atoms with Crippen molar-refractivity contribution in [3.63, 3.8) is 0 Å². The van der Waals surface area contributed by atoms with Gasteiger partial charge in [0, 0.05) is 22.7 Å². The molecule has 1 amide bonds. The van der Waals surface area contributed by atoms with Crippen LogP contribution < -0.4 is 5.73 Å². The van der Waals surface area contributed by atoms with E-state index in [2.05, 4.69) is 0 Å². The molecule has 0 saturated carbocycles. The number of benzene rings is 2. The lowest BCUT2D eigenvalue weighted by atomic mass is 9.97. The number of nitrogens with zero attached hydrogens (tertiary/aromatic N) is 1. The Kier molecular flexibility index (Phi) is 4.54. The van der Waals surface area contributed by atoms with Crippen LogP contribution >= 0.6 is 12.2 Å². The highest BCUT2D eigenvalue weighted by Crippen LogP contribution is 2.35. The average molecular weight is 370 g/mol. The Balaban J connectivity index is 2.33. The van der Waals surface area contributed by atoms with Gasteiger partial charge in [-0.1, -0.05) is 42.0 Å². The number of halogens is 1. The van der Waals surface area contributed by atoms with Gasteiger partial charge in [-0.2, -0.15) is 0 Å². The highest BCUT2D eigenvalue weighted by molar-refractivity contribution is 7.80. The van der Waals surface area contributed by atoms with Gasteiger partial charge < -0.3 is 15.4 Å². The number of amides is 1. The van der Waals surface area contributed by atoms with Gasteiger partial charge in [0.15, 0.2) is 11.6 Å². The number of carbonyl (C=O) groups excluding carboxylic acids is 1. The van der Waals surface area contributed by atoms with Crippen molar-refractivity contribution in [1.29, 1.82) is 0 Å². The lowest BCUT2D eigenvalue weighted by Crippen LogP contribution is -2.20. The van der Waals surface area contributed by atoms with Crippen molar-refractivity contribution >= 4 is 34.0 Å². The van der Waals surface area contributed by atoms with Crippen LogP contribution in [0.15, 0.2) is 36.4 Å². The number of nitrogens with two attached hydrogens (primary N) is 1. The topological polar surface area (TPSA) is 68.2 Å². The second kappa shape index (κ2) is 6.53. The quantitative estimate of drug-likeness (QED) is 0.687. The maximum absolute atomic E-state index is 14.0. The van der Waals surface area contributed by atoms with Crippen LogP contribution in [0.5, 0.6) is 5.75 Å². The lowest BCUT2D eigenvalue weighted by Gasteiger charge is -2.12. The fourth-order valence-electron chi connectivity index (χ4n) is 3.22. The van der Waals surface area contributed by atoms with E-state index in [0.29, 0.717) is 27.1 Å². The Morgan fingerprint density at radius 1 is 1.23 bits per heavy atom. The SMILES string of the molecule is Cc1ccc(C(=S)n2c(C)c(C(C)C(N)=O)c3cc(O)c(F)cc32)cc1. The molecule has 0 saturated heterocycles. The molecule has 3 rings (SSSR count). The van der Waals surface area contributed by atoms with E-state index in [1.165, 1.54) is 12.1 Å². The minimum absolute atomic E-state index is 0.478. The first-order valence-corrected chi connectivity index (χ1v) is 8.57. The highest BCUT2D eigenvalue weighted by atomic mass is 32.1. The fraction of sp³-hybridized carbons (Fsp3) is 0.200. The predicted molar refractivity (Wildman–Crippen MR) is 104 cm³/mol. The zero-order valence-corrected chi connectivity index (χ0v) is 15.5. The largest absolute Gasteiger partial charge is 0.505 e. The van der Waals surface area contributed by atoms with Gasteiger partial charge >= 0.3 is 0 Å². The number of thiocarbonyl (C=S) groups is 1. The van der Waals surface area contributed by atoms with Crippen LogP contribution in [0.4, 0.5) is 4.39 Å². The summed E-state index contributed by atoms with van der Waals surface area (Å²) in [4.78, 5) is 12.3. The third-order valence-corrected chi connectivity index (χ3v) is 5.10. The van der Waals surface area contributed by atoms with Crippen LogP contribution in [0.1, 0.15) is 35.2 Å². The number of rotatable bonds is 3. The minimum Gasteiger partial charge on any atom is -0.505 e. The average Bonchev–Trinajstić information content (AvgIpc) is 2.85. The Morgan fingerprint density at radius 2 is 1.85 bits per heavy atom. The van der Waals surface area contributed by atoms with Crippen molar-refractivity contribution in [2.75, 3.05) is 0 Å². The standard InChI is InChI=1S/C20H19FN2O2S/c1-10-4-6-13(7-5-10)20(26)23-12(3)18(11(2)19(22)25)14-8-17(24)15(21)9-16(14)23/h4-9,11,24H,1-3H3,(H2,22,25). The van der Waals surface area contributed by atoms with Crippen LogP contribution in [-0.4, -0.2) is 20.6 Å². The first-order valence-electron chi connectivity index (χ1n) is 8.16. The maximum atomic E-state index is 14.0. The van der Waals surface area contributed by atoms with Crippen LogP contribution in [0.3, 0.4) is 0 Å². The first-order chi connectivity index (χ1) is 12.2. The molecule has 134 valence electrons. The zero-order valence-electron chi connectivity index (χ0n) is 14.7. The van der Waals surface area contributed by atoms with Gasteiger partial charge in [-0.25, -0.2) is 4.39 Å². The summed E-state index contributed by atoms with van der Waals surface area (Å²) in [5, 5.41) is 10.4. The van der Waals surface area contributed by atoms with Gasteiger partial charge in [-0.3, -0.25) is 4.79 Å². The summed E-state index contributed by atoms with van der Waals surface area (Å²) in [5.41, 5.74) is 9.22. The molecule has 0 bridgehead atoms. The summed E-state index contributed by atoms with van der Waals surface area (Å²) in [6.07, 6.45) is 0. The van der Waals surface area contributed by atoms with E-state index in [0.717, 1.165) is 11.1 Å². The summed E-state index contributed by atoms with van der Waals surface area (Å²) in [7, 11) is 0. The summed E-state index contributed by atoms with van der Waals surface area (Å²) in [6.45, 7) is 5.47. The van der Waals surface area contributed by atoms with Crippen molar-refractivity contribution in [2.45, 2.75) is 26.7 Å². The van der Waals surface area contributed by atoms with Gasteiger partial charge in [-0.15, -0.1) is 0 Å². The van der Waals surface area contributed by atoms with E-state index in [-0.39, 0.29) is 0 Å². The second-order valence-electron chi connectivity index (χ2n) is 6.45. The molecule has 0 aliphatic heterocycles. The number of fused-ring (bicyclic) bond motifs is 1. The van der Waals surface area contributed by atoms with Gasteiger partial charge in [-0.05, 0) is 32.4 Å². The molecule has 26 heavy (non-hydrogen) atoms. The summed E-state index contributed by atoms with van der Waals surface area (Å²) in [5.74, 6) is -2.34. The Morgan fingerprint density at radius 3 is 2.42 bits per heavy atom. The second-order valence-corrected chi connectivity index (χ2v) is 6.84. The molecular weight excluding hydrogens is 351 g/mol. The molecule has 1 atom stereocenters. The molecule has 0 aliphatic rings. The third kappa shape index (κ3) is 2.86. The highest BCUT2D eigenvalue weighted by Gasteiger charge is 2.25. The molecule has 0 aliphatic carbocycles. The number of hydrogen-bond acceptors (Lipinski definition) is 3. The van der Waals surface area contributed by atoms with E-state index < -0.39 is 23.4 Å². The monoisotopic (exact) mass is 370 g/mol. The number of carbonyl (C=O) groups is 1. The van der Waals surface area contributed by atoms with Crippen molar-refractivity contribution in [3.05, 3.63) is 64.6 Å². The van der Waals surface area contributed by atoms with E-state index >= 15 is 0 Å². The molecule has 0 spiro atoms. The minimum atomic E-state index is -0.749. The fourth-order valence-corrected chi connectivity index (χ4v) is 3.60. The maximum Gasteiger partial charge on any atom is 0.224 e.